The van der Waals surface area contributed by atoms with Crippen molar-refractivity contribution in [2.75, 3.05) is 12.3 Å². The Labute approximate surface area is 130 Å². The number of nitrogens with zero attached hydrogens (tertiary/aromatic N) is 2. The van der Waals surface area contributed by atoms with Crippen LogP contribution >= 0.6 is 11.9 Å². The first-order valence-corrected chi connectivity index (χ1v) is 8.25. The Morgan fingerprint density at radius 2 is 2.10 bits per heavy atom. The Hall–Kier alpha value is -1.68. The molecule has 0 aromatic heterocycles. The van der Waals surface area contributed by atoms with Crippen molar-refractivity contribution in [2.24, 2.45) is 4.40 Å². The highest BCUT2D eigenvalue weighted by Gasteiger charge is 2.21. The second kappa shape index (κ2) is 6.39. The molecule has 0 spiro atoms. The minimum atomic E-state index is 0.563. The Balaban J connectivity index is 1.65. The van der Waals surface area contributed by atoms with Crippen molar-refractivity contribution in [2.45, 2.75) is 26.4 Å². The molecule has 21 heavy (non-hydrogen) atoms. The molecule has 0 fully saturated rings. The van der Waals surface area contributed by atoms with E-state index in [1.807, 2.05) is 12.2 Å². The minimum absolute atomic E-state index is 0.563. The molecule has 0 bridgehead atoms. The summed E-state index contributed by atoms with van der Waals surface area (Å²) in [5.41, 5.74) is 2.54. The Bertz CT molecular complexity index is 587. The third kappa shape index (κ3) is 3.32. The first kappa shape index (κ1) is 14.3. The predicted molar refractivity (Wildman–Crippen MR) is 89.1 cm³/mol. The molecule has 0 aliphatic carbocycles. The van der Waals surface area contributed by atoms with Crippen LogP contribution in [0.3, 0.4) is 0 Å². The summed E-state index contributed by atoms with van der Waals surface area (Å²) in [6, 6.07) is 8.64. The zero-order valence-electron chi connectivity index (χ0n) is 12.5. The van der Waals surface area contributed by atoms with E-state index in [1.165, 1.54) is 11.1 Å². The van der Waals surface area contributed by atoms with Crippen molar-refractivity contribution in [3.8, 4) is 0 Å². The van der Waals surface area contributed by atoms with E-state index in [9.17, 15) is 0 Å². The molecule has 0 saturated carbocycles. The molecular formula is C17H20N2OS. The van der Waals surface area contributed by atoms with Gasteiger partial charge in [-0.1, -0.05) is 38.1 Å². The molecule has 4 heteroatoms. The summed E-state index contributed by atoms with van der Waals surface area (Å²) in [4.78, 5) is 2.15. The van der Waals surface area contributed by atoms with Gasteiger partial charge in [-0.25, -0.2) is 0 Å². The van der Waals surface area contributed by atoms with Gasteiger partial charge in [0.2, 0.25) is 0 Å². The molecule has 3 rings (SSSR count). The smallest absolute Gasteiger partial charge is 0.183 e. The quantitative estimate of drug-likeness (QED) is 0.783. The maximum absolute atomic E-state index is 5.96. The van der Waals surface area contributed by atoms with E-state index in [4.69, 9.17) is 4.74 Å². The zero-order valence-corrected chi connectivity index (χ0v) is 13.3. The van der Waals surface area contributed by atoms with Gasteiger partial charge in [-0.2, -0.15) is 4.40 Å². The molecule has 2 aliphatic heterocycles. The first-order chi connectivity index (χ1) is 10.2. The van der Waals surface area contributed by atoms with Crippen LogP contribution in [-0.4, -0.2) is 23.0 Å². The van der Waals surface area contributed by atoms with E-state index >= 15 is 0 Å². The average molecular weight is 300 g/mol. The Morgan fingerprint density at radius 3 is 2.86 bits per heavy atom. The van der Waals surface area contributed by atoms with E-state index < -0.39 is 0 Å². The fraction of sp³-hybridized carbons (Fsp3) is 0.353. The number of amidine groups is 1. The minimum Gasteiger partial charge on any atom is -0.485 e. The third-order valence-corrected chi connectivity index (χ3v) is 4.29. The SMILES string of the molecule is CC(C)c1ccc(COC2=CC=CN3CCSN=C23)cc1. The van der Waals surface area contributed by atoms with Crippen LogP contribution in [0.25, 0.3) is 0 Å². The molecule has 3 nitrogen and oxygen atoms in total. The maximum atomic E-state index is 5.96. The van der Waals surface area contributed by atoms with Gasteiger partial charge in [0.15, 0.2) is 11.6 Å². The lowest BCUT2D eigenvalue weighted by atomic mass is 10.0. The van der Waals surface area contributed by atoms with Gasteiger partial charge in [0.25, 0.3) is 0 Å². The van der Waals surface area contributed by atoms with Crippen LogP contribution in [0.15, 0.2) is 52.8 Å². The number of allylic oxidation sites excluding steroid dienone is 2. The standard InChI is InChI=1S/C17H20N2OS/c1-13(2)15-7-5-14(6-8-15)12-20-16-4-3-9-19-10-11-21-18-17(16)19/h3-9,13H,10-12H2,1-2H3. The lowest BCUT2D eigenvalue weighted by Crippen LogP contribution is -2.34. The lowest BCUT2D eigenvalue weighted by molar-refractivity contribution is 0.212. The van der Waals surface area contributed by atoms with E-state index in [0.29, 0.717) is 12.5 Å². The molecule has 1 aromatic carbocycles. The van der Waals surface area contributed by atoms with E-state index in [0.717, 1.165) is 23.9 Å². The summed E-state index contributed by atoms with van der Waals surface area (Å²) in [6.45, 7) is 5.98. The second-order valence-corrected chi connectivity index (χ2v) is 6.35. The van der Waals surface area contributed by atoms with Crippen LogP contribution in [0.5, 0.6) is 0 Å². The van der Waals surface area contributed by atoms with Crippen molar-refractivity contribution in [3.05, 3.63) is 59.5 Å². The summed E-state index contributed by atoms with van der Waals surface area (Å²) >= 11 is 1.60. The van der Waals surface area contributed by atoms with Gasteiger partial charge >= 0.3 is 0 Å². The lowest BCUT2D eigenvalue weighted by Gasteiger charge is -2.28. The number of ether oxygens (including phenoxy) is 1. The highest BCUT2D eigenvalue weighted by atomic mass is 32.2. The molecule has 1 aromatic rings. The number of rotatable bonds is 4. The highest BCUT2D eigenvalue weighted by Crippen LogP contribution is 2.22. The number of benzene rings is 1. The van der Waals surface area contributed by atoms with Crippen molar-refractivity contribution in [1.29, 1.82) is 0 Å². The Kier molecular flexibility index (Phi) is 4.34. The summed E-state index contributed by atoms with van der Waals surface area (Å²) < 4.78 is 10.5. The van der Waals surface area contributed by atoms with Crippen molar-refractivity contribution < 1.29 is 4.74 Å². The fourth-order valence-corrected chi connectivity index (χ4v) is 3.00. The van der Waals surface area contributed by atoms with Crippen LogP contribution in [0, 0.1) is 0 Å². The summed E-state index contributed by atoms with van der Waals surface area (Å²) in [6.07, 6.45) is 6.07. The fourth-order valence-electron chi connectivity index (χ4n) is 2.32. The Morgan fingerprint density at radius 1 is 1.29 bits per heavy atom. The molecular weight excluding hydrogens is 280 g/mol. The van der Waals surface area contributed by atoms with Gasteiger partial charge in [0.05, 0.1) is 0 Å². The van der Waals surface area contributed by atoms with Gasteiger partial charge in [-0.05, 0) is 41.1 Å². The predicted octanol–water partition coefficient (Wildman–Crippen LogP) is 4.10. The second-order valence-electron chi connectivity index (χ2n) is 5.50. The highest BCUT2D eigenvalue weighted by molar-refractivity contribution is 7.98. The normalized spacial score (nSPS) is 17.4. The molecule has 0 amide bonds. The number of fused-ring (bicyclic) bond motifs is 1. The van der Waals surface area contributed by atoms with Crippen LogP contribution in [-0.2, 0) is 11.3 Å². The summed E-state index contributed by atoms with van der Waals surface area (Å²) in [5, 5.41) is 0. The third-order valence-electron chi connectivity index (χ3n) is 3.62. The topological polar surface area (TPSA) is 24.8 Å². The van der Waals surface area contributed by atoms with Crippen LogP contribution < -0.4 is 0 Å². The number of hydrogen-bond acceptors (Lipinski definition) is 4. The molecule has 110 valence electrons. The summed E-state index contributed by atoms with van der Waals surface area (Å²) in [7, 11) is 0. The molecule has 0 unspecified atom stereocenters. The number of hydrogen-bond donors (Lipinski definition) is 0. The van der Waals surface area contributed by atoms with Gasteiger partial charge in [0, 0.05) is 18.5 Å². The van der Waals surface area contributed by atoms with Crippen LogP contribution in [0.1, 0.15) is 30.9 Å². The molecule has 0 atom stereocenters. The first-order valence-electron chi connectivity index (χ1n) is 7.31. The van der Waals surface area contributed by atoms with Gasteiger partial charge in [-0.3, -0.25) is 0 Å². The van der Waals surface area contributed by atoms with E-state index in [-0.39, 0.29) is 0 Å². The van der Waals surface area contributed by atoms with Crippen LogP contribution in [0.2, 0.25) is 0 Å². The van der Waals surface area contributed by atoms with Crippen molar-refractivity contribution in [1.82, 2.24) is 4.90 Å². The van der Waals surface area contributed by atoms with E-state index in [2.05, 4.69) is 53.6 Å². The van der Waals surface area contributed by atoms with E-state index in [1.54, 1.807) is 11.9 Å². The summed E-state index contributed by atoms with van der Waals surface area (Å²) in [5.74, 6) is 3.39. The van der Waals surface area contributed by atoms with Crippen LogP contribution in [0.4, 0.5) is 0 Å². The zero-order chi connectivity index (χ0) is 14.7. The molecule has 0 saturated heterocycles. The largest absolute Gasteiger partial charge is 0.485 e. The molecule has 2 aliphatic rings. The van der Waals surface area contributed by atoms with Crippen molar-refractivity contribution >= 4 is 17.8 Å². The molecule has 2 heterocycles. The van der Waals surface area contributed by atoms with Gasteiger partial charge in [0.1, 0.15) is 6.61 Å². The maximum Gasteiger partial charge on any atom is 0.183 e. The molecule has 0 radical (unpaired) electrons. The molecule has 0 N–H and O–H groups in total. The monoisotopic (exact) mass is 300 g/mol. The van der Waals surface area contributed by atoms with Gasteiger partial charge in [-0.15, -0.1) is 0 Å². The average Bonchev–Trinajstić information content (AvgIpc) is 2.53. The van der Waals surface area contributed by atoms with Crippen molar-refractivity contribution in [3.63, 3.8) is 0 Å². The van der Waals surface area contributed by atoms with Gasteiger partial charge < -0.3 is 9.64 Å².